The summed E-state index contributed by atoms with van der Waals surface area (Å²) in [5, 5.41) is 55.6. The molecule has 57 heavy (non-hydrogen) atoms. The first-order chi connectivity index (χ1) is 27.8. The van der Waals surface area contributed by atoms with Crippen LogP contribution in [0.1, 0.15) is 226 Å². The van der Waals surface area contributed by atoms with E-state index in [-0.39, 0.29) is 12.5 Å². The summed E-state index contributed by atoms with van der Waals surface area (Å²) < 4.78 is 16.9. The fraction of sp³-hybridized carbons (Fsp3) is 0.979. The van der Waals surface area contributed by atoms with Crippen LogP contribution in [0.4, 0.5) is 0 Å². The fourth-order valence-corrected chi connectivity index (χ4v) is 8.14. The fourth-order valence-electron chi connectivity index (χ4n) is 8.14. The maximum Gasteiger partial charge on any atom is 0.220 e. The van der Waals surface area contributed by atoms with Crippen molar-refractivity contribution in [2.75, 3.05) is 20.3 Å². The summed E-state index contributed by atoms with van der Waals surface area (Å²) in [7, 11) is 1.35. The second-order valence-electron chi connectivity index (χ2n) is 17.3. The Hall–Kier alpha value is -0.850. The number of unbranched alkanes of at least 4 members (excludes halogenated alkanes) is 29. The highest BCUT2D eigenvalue weighted by molar-refractivity contribution is 5.76. The largest absolute Gasteiger partial charge is 0.394 e. The predicted octanol–water partition coefficient (Wildman–Crippen LogP) is 9.58. The summed E-state index contributed by atoms with van der Waals surface area (Å²) in [6.45, 7) is 3.77. The summed E-state index contributed by atoms with van der Waals surface area (Å²) >= 11 is 0. The molecule has 1 saturated heterocycles. The molecule has 1 heterocycles. The zero-order valence-corrected chi connectivity index (χ0v) is 37.2. The highest BCUT2D eigenvalue weighted by Crippen LogP contribution is 2.25. The number of carbonyl (C=O) groups is 1. The number of methoxy groups -OCH3 is 1. The Balaban J connectivity index is 2.39. The molecule has 0 aliphatic carbocycles. The Morgan fingerprint density at radius 1 is 0.596 bits per heavy atom. The van der Waals surface area contributed by atoms with E-state index in [2.05, 4.69) is 19.2 Å². The second kappa shape index (κ2) is 38.1. The van der Waals surface area contributed by atoms with Crippen LogP contribution in [-0.4, -0.2) is 101 Å². The van der Waals surface area contributed by atoms with E-state index in [0.717, 1.165) is 38.5 Å². The zero-order valence-electron chi connectivity index (χ0n) is 37.2. The lowest BCUT2D eigenvalue weighted by Crippen LogP contribution is -2.60. The summed E-state index contributed by atoms with van der Waals surface area (Å²) in [5.74, 6) is -0.219. The number of amides is 1. The quantitative estimate of drug-likeness (QED) is 0.0331. The molecule has 0 aromatic heterocycles. The normalized spacial score (nSPS) is 21.4. The number of hydrogen-bond acceptors (Lipinski definition) is 9. The molecular formula is C47H93NO9. The maximum atomic E-state index is 13.1. The second-order valence-corrected chi connectivity index (χ2v) is 17.3. The standard InChI is InChI=1S/C47H93NO9/c1-4-6-8-10-12-14-16-18-19-20-21-22-23-24-26-28-30-32-34-36-42(51)48-39(38-56-47-46(55-3)45(54)44(53)41(37-49)57-47)43(52)40(50)35-33-31-29-27-25-17-15-13-11-9-7-5-2/h39-41,43-47,49-50,52-54H,4-38H2,1-3H3,(H,48,51)/t39-,40+,41+,43-,44-,45-,46+,47-/m0/s1. The topological polar surface area (TPSA) is 158 Å². The highest BCUT2D eigenvalue weighted by Gasteiger charge is 2.45. The van der Waals surface area contributed by atoms with Gasteiger partial charge in [0.2, 0.25) is 5.91 Å². The molecule has 0 spiro atoms. The summed E-state index contributed by atoms with van der Waals surface area (Å²) in [4.78, 5) is 13.1. The molecule has 1 fully saturated rings. The molecule has 10 heteroatoms. The summed E-state index contributed by atoms with van der Waals surface area (Å²) in [6, 6.07) is -0.928. The minimum atomic E-state index is -1.37. The molecule has 1 aliphatic heterocycles. The molecule has 1 aliphatic rings. The van der Waals surface area contributed by atoms with Gasteiger partial charge >= 0.3 is 0 Å². The van der Waals surface area contributed by atoms with Gasteiger partial charge in [-0.05, 0) is 12.8 Å². The van der Waals surface area contributed by atoms with Gasteiger partial charge < -0.3 is 45.1 Å². The number of ether oxygens (including phenoxy) is 3. The van der Waals surface area contributed by atoms with E-state index < -0.39 is 55.6 Å². The first-order valence-electron chi connectivity index (χ1n) is 24.2. The highest BCUT2D eigenvalue weighted by atomic mass is 16.7. The van der Waals surface area contributed by atoms with E-state index in [1.54, 1.807) is 0 Å². The molecular weight excluding hydrogens is 723 g/mol. The van der Waals surface area contributed by atoms with Gasteiger partial charge in [-0.2, -0.15) is 0 Å². The molecule has 8 atom stereocenters. The number of rotatable bonds is 41. The van der Waals surface area contributed by atoms with Gasteiger partial charge in [-0.25, -0.2) is 0 Å². The average Bonchev–Trinajstić information content (AvgIpc) is 3.21. The van der Waals surface area contributed by atoms with Crippen LogP contribution >= 0.6 is 0 Å². The molecule has 0 bridgehead atoms. The Bertz CT molecular complexity index is 882. The van der Waals surface area contributed by atoms with Gasteiger partial charge in [-0.1, -0.05) is 206 Å². The van der Waals surface area contributed by atoms with E-state index in [0.29, 0.717) is 12.8 Å². The van der Waals surface area contributed by atoms with Gasteiger partial charge in [-0.3, -0.25) is 4.79 Å². The molecule has 1 rings (SSSR count). The van der Waals surface area contributed by atoms with Crippen LogP contribution in [0, 0.1) is 0 Å². The monoisotopic (exact) mass is 816 g/mol. The van der Waals surface area contributed by atoms with Crippen molar-refractivity contribution in [1.29, 1.82) is 0 Å². The minimum Gasteiger partial charge on any atom is -0.394 e. The van der Waals surface area contributed by atoms with Crippen LogP contribution in [0.2, 0.25) is 0 Å². The lowest BCUT2D eigenvalue weighted by molar-refractivity contribution is -0.307. The van der Waals surface area contributed by atoms with Crippen LogP contribution in [0.15, 0.2) is 0 Å². The van der Waals surface area contributed by atoms with Crippen molar-refractivity contribution in [2.24, 2.45) is 0 Å². The molecule has 6 N–H and O–H groups in total. The Morgan fingerprint density at radius 2 is 0.982 bits per heavy atom. The van der Waals surface area contributed by atoms with Gasteiger partial charge in [0.25, 0.3) is 0 Å². The number of hydrogen-bond donors (Lipinski definition) is 6. The van der Waals surface area contributed by atoms with E-state index in [9.17, 15) is 30.3 Å². The van der Waals surface area contributed by atoms with E-state index in [4.69, 9.17) is 14.2 Å². The average molecular weight is 816 g/mol. The lowest BCUT2D eigenvalue weighted by atomic mass is 9.98. The number of nitrogens with one attached hydrogen (secondary N) is 1. The third kappa shape index (κ3) is 27.6. The van der Waals surface area contributed by atoms with Crippen LogP contribution < -0.4 is 5.32 Å². The SMILES string of the molecule is CCCCCCCCCCCCCCCCCCCCCC(=O)N[C@@H](CO[C@H]1O[C@H](CO)[C@H](O)[C@H](O)[C@H]1OC)[C@H](O)[C@H](O)CCCCCCCCCCCCCC. The van der Waals surface area contributed by atoms with Crippen LogP contribution in [0.25, 0.3) is 0 Å². The Labute approximate surface area is 350 Å². The molecule has 1 amide bonds. The first kappa shape index (κ1) is 54.2. The Morgan fingerprint density at radius 3 is 1.37 bits per heavy atom. The number of aliphatic hydroxyl groups is 5. The van der Waals surface area contributed by atoms with Gasteiger partial charge in [0, 0.05) is 13.5 Å². The van der Waals surface area contributed by atoms with Crippen molar-refractivity contribution in [1.82, 2.24) is 5.32 Å². The van der Waals surface area contributed by atoms with Crippen LogP contribution in [-0.2, 0) is 19.0 Å². The summed E-state index contributed by atoms with van der Waals surface area (Å²) in [6.07, 6.45) is 31.3. The zero-order chi connectivity index (χ0) is 41.8. The lowest BCUT2D eigenvalue weighted by Gasteiger charge is -2.41. The molecule has 0 aromatic rings. The predicted molar refractivity (Wildman–Crippen MR) is 232 cm³/mol. The molecule has 0 unspecified atom stereocenters. The summed E-state index contributed by atoms with van der Waals surface area (Å²) in [5.41, 5.74) is 0. The third-order valence-electron chi connectivity index (χ3n) is 12.1. The van der Waals surface area contributed by atoms with Gasteiger partial charge in [0.05, 0.1) is 25.4 Å². The van der Waals surface area contributed by atoms with Crippen molar-refractivity contribution in [2.45, 2.75) is 275 Å². The third-order valence-corrected chi connectivity index (χ3v) is 12.1. The molecule has 340 valence electrons. The number of aliphatic hydroxyl groups excluding tert-OH is 5. The van der Waals surface area contributed by atoms with Crippen LogP contribution in [0.3, 0.4) is 0 Å². The van der Waals surface area contributed by atoms with Gasteiger partial charge in [0.15, 0.2) is 6.29 Å². The van der Waals surface area contributed by atoms with Crippen molar-refractivity contribution in [3.63, 3.8) is 0 Å². The van der Waals surface area contributed by atoms with Gasteiger partial charge in [-0.15, -0.1) is 0 Å². The molecule has 0 saturated carbocycles. The maximum absolute atomic E-state index is 13.1. The smallest absolute Gasteiger partial charge is 0.220 e. The van der Waals surface area contributed by atoms with Gasteiger partial charge in [0.1, 0.15) is 30.5 Å². The first-order valence-corrected chi connectivity index (χ1v) is 24.2. The number of carbonyl (C=O) groups excluding carboxylic acids is 1. The van der Waals surface area contributed by atoms with E-state index in [1.807, 2.05) is 0 Å². The molecule has 0 aromatic carbocycles. The Kier molecular flexibility index (Phi) is 36.2. The van der Waals surface area contributed by atoms with E-state index >= 15 is 0 Å². The van der Waals surface area contributed by atoms with E-state index in [1.165, 1.54) is 168 Å². The minimum absolute atomic E-state index is 0.215. The van der Waals surface area contributed by atoms with Crippen molar-refractivity contribution in [3.05, 3.63) is 0 Å². The van der Waals surface area contributed by atoms with Crippen molar-refractivity contribution in [3.8, 4) is 0 Å². The van der Waals surface area contributed by atoms with Crippen molar-refractivity contribution < 1.29 is 44.5 Å². The van der Waals surface area contributed by atoms with Crippen LogP contribution in [0.5, 0.6) is 0 Å². The molecule has 10 nitrogen and oxygen atoms in total. The van der Waals surface area contributed by atoms with Crippen molar-refractivity contribution >= 4 is 5.91 Å². The molecule has 0 radical (unpaired) electrons.